The number of carboxylic acids is 1. The van der Waals surface area contributed by atoms with Gasteiger partial charge in [-0.05, 0) is 25.8 Å². The summed E-state index contributed by atoms with van der Waals surface area (Å²) >= 11 is 0. The molecule has 0 saturated heterocycles. The van der Waals surface area contributed by atoms with E-state index in [-0.39, 0.29) is 12.2 Å². The Labute approximate surface area is 108 Å². The number of aliphatic carboxylic acids is 1. The zero-order valence-corrected chi connectivity index (χ0v) is 11.6. The molecule has 1 unspecified atom stereocenters. The second-order valence-corrected chi connectivity index (χ2v) is 6.72. The Kier molecular flexibility index (Phi) is 4.51. The fourth-order valence-corrected chi connectivity index (χ4v) is 3.71. The molecular formula is C13H18O4S. The molecule has 0 saturated carbocycles. The largest absolute Gasteiger partial charge is 0.480 e. The Bertz CT molecular complexity index is 526. The lowest BCUT2D eigenvalue weighted by Crippen LogP contribution is -2.30. The maximum absolute atomic E-state index is 12.0. The van der Waals surface area contributed by atoms with Gasteiger partial charge in [-0.3, -0.25) is 4.79 Å². The Balaban J connectivity index is 3.05. The van der Waals surface area contributed by atoms with E-state index in [9.17, 15) is 13.2 Å². The molecule has 0 radical (unpaired) electrons. The van der Waals surface area contributed by atoms with E-state index in [1.165, 1.54) is 0 Å². The summed E-state index contributed by atoms with van der Waals surface area (Å²) in [6.07, 6.45) is 0.0858. The van der Waals surface area contributed by atoms with Crippen molar-refractivity contribution in [3.05, 3.63) is 34.9 Å². The molecule has 100 valence electrons. The summed E-state index contributed by atoms with van der Waals surface area (Å²) in [5.41, 5.74) is 2.60. The van der Waals surface area contributed by atoms with Crippen LogP contribution >= 0.6 is 0 Å². The van der Waals surface area contributed by atoms with Gasteiger partial charge in [0, 0.05) is 0 Å². The Morgan fingerprint density at radius 2 is 1.72 bits per heavy atom. The summed E-state index contributed by atoms with van der Waals surface area (Å²) in [6.45, 7) is 5.34. The van der Waals surface area contributed by atoms with Gasteiger partial charge in [-0.25, -0.2) is 8.42 Å². The summed E-state index contributed by atoms with van der Waals surface area (Å²) < 4.78 is 24.0. The standard InChI is InChI=1S/C13H18O4S/c1-4-12(13(14)15)18(16,17)8-11-6-9(2)5-10(3)7-11/h5-7,12H,4,8H2,1-3H3,(H,14,15). The lowest BCUT2D eigenvalue weighted by atomic mass is 10.1. The first kappa shape index (κ1) is 14.7. The van der Waals surface area contributed by atoms with Crippen LogP contribution in [0, 0.1) is 13.8 Å². The number of hydrogen-bond donors (Lipinski definition) is 1. The normalized spacial score (nSPS) is 13.3. The van der Waals surface area contributed by atoms with E-state index >= 15 is 0 Å². The fourth-order valence-electron chi connectivity index (χ4n) is 2.07. The average molecular weight is 270 g/mol. The molecule has 0 amide bonds. The molecular weight excluding hydrogens is 252 g/mol. The molecule has 0 aliphatic heterocycles. The summed E-state index contributed by atoms with van der Waals surface area (Å²) in [5.74, 6) is -1.50. The maximum Gasteiger partial charge on any atom is 0.321 e. The third-order valence-corrected chi connectivity index (χ3v) is 4.87. The van der Waals surface area contributed by atoms with Crippen molar-refractivity contribution < 1.29 is 18.3 Å². The molecule has 1 aromatic rings. The monoisotopic (exact) mass is 270 g/mol. The van der Waals surface area contributed by atoms with E-state index in [0.29, 0.717) is 5.56 Å². The first-order chi connectivity index (χ1) is 8.26. The van der Waals surface area contributed by atoms with Crippen LogP contribution in [0.4, 0.5) is 0 Å². The van der Waals surface area contributed by atoms with Gasteiger partial charge < -0.3 is 5.11 Å². The molecule has 0 aliphatic rings. The van der Waals surface area contributed by atoms with E-state index < -0.39 is 21.1 Å². The zero-order valence-electron chi connectivity index (χ0n) is 10.8. The first-order valence-corrected chi connectivity index (χ1v) is 7.49. The van der Waals surface area contributed by atoms with E-state index in [2.05, 4.69) is 0 Å². The van der Waals surface area contributed by atoms with Crippen LogP contribution in [-0.2, 0) is 20.4 Å². The highest BCUT2D eigenvalue weighted by Gasteiger charge is 2.30. The van der Waals surface area contributed by atoms with E-state index in [1.807, 2.05) is 19.9 Å². The van der Waals surface area contributed by atoms with Crippen LogP contribution in [-0.4, -0.2) is 24.7 Å². The highest BCUT2D eigenvalue weighted by atomic mass is 32.2. The Hall–Kier alpha value is -1.36. The van der Waals surface area contributed by atoms with Crippen molar-refractivity contribution in [2.24, 2.45) is 0 Å². The zero-order chi connectivity index (χ0) is 13.9. The number of carboxylic acid groups (broad SMARTS) is 1. The number of carbonyl (C=O) groups is 1. The Morgan fingerprint density at radius 3 is 2.11 bits per heavy atom. The first-order valence-electron chi connectivity index (χ1n) is 5.78. The number of sulfone groups is 1. The van der Waals surface area contributed by atoms with Crippen molar-refractivity contribution >= 4 is 15.8 Å². The lowest BCUT2D eigenvalue weighted by Gasteiger charge is -2.12. The minimum absolute atomic E-state index is 0.0858. The molecule has 5 heteroatoms. The van der Waals surface area contributed by atoms with Gasteiger partial charge in [-0.15, -0.1) is 0 Å². The molecule has 0 fully saturated rings. The molecule has 0 spiro atoms. The highest BCUT2D eigenvalue weighted by molar-refractivity contribution is 7.92. The molecule has 0 heterocycles. The molecule has 1 N–H and O–H groups in total. The van der Waals surface area contributed by atoms with Crippen molar-refractivity contribution in [2.45, 2.75) is 38.2 Å². The van der Waals surface area contributed by atoms with Crippen molar-refractivity contribution in [3.63, 3.8) is 0 Å². The summed E-state index contributed by atoms with van der Waals surface area (Å²) in [6, 6.07) is 5.50. The second-order valence-electron chi connectivity index (χ2n) is 4.54. The molecule has 0 aliphatic carbocycles. The summed E-state index contributed by atoms with van der Waals surface area (Å²) in [5, 5.41) is 7.60. The molecule has 1 rings (SSSR count). The maximum atomic E-state index is 12.0. The smallest absolute Gasteiger partial charge is 0.321 e. The number of benzene rings is 1. The SMILES string of the molecule is CCC(C(=O)O)S(=O)(=O)Cc1cc(C)cc(C)c1. The van der Waals surface area contributed by atoms with Gasteiger partial charge >= 0.3 is 5.97 Å². The topological polar surface area (TPSA) is 71.4 Å². The van der Waals surface area contributed by atoms with Gasteiger partial charge in [0.05, 0.1) is 5.75 Å². The van der Waals surface area contributed by atoms with Crippen LogP contribution in [0.25, 0.3) is 0 Å². The van der Waals surface area contributed by atoms with Gasteiger partial charge in [-0.1, -0.05) is 36.2 Å². The van der Waals surface area contributed by atoms with E-state index in [0.717, 1.165) is 11.1 Å². The van der Waals surface area contributed by atoms with Gasteiger partial charge in [0.1, 0.15) is 0 Å². The van der Waals surface area contributed by atoms with Crippen LogP contribution < -0.4 is 0 Å². The minimum Gasteiger partial charge on any atom is -0.480 e. The fraction of sp³-hybridized carbons (Fsp3) is 0.462. The number of aryl methyl sites for hydroxylation is 2. The molecule has 1 atom stereocenters. The highest BCUT2D eigenvalue weighted by Crippen LogP contribution is 2.17. The minimum atomic E-state index is -3.66. The van der Waals surface area contributed by atoms with Crippen LogP contribution in [0.3, 0.4) is 0 Å². The van der Waals surface area contributed by atoms with Crippen molar-refractivity contribution in [1.82, 2.24) is 0 Å². The lowest BCUT2D eigenvalue weighted by molar-refractivity contribution is -0.136. The molecule has 4 nitrogen and oxygen atoms in total. The van der Waals surface area contributed by atoms with E-state index in [1.54, 1.807) is 19.1 Å². The number of rotatable bonds is 5. The van der Waals surface area contributed by atoms with Crippen molar-refractivity contribution in [2.75, 3.05) is 0 Å². The predicted octanol–water partition coefficient (Wildman–Crippen LogP) is 2.08. The van der Waals surface area contributed by atoms with Crippen LogP contribution in [0.15, 0.2) is 18.2 Å². The summed E-state index contributed by atoms with van der Waals surface area (Å²) in [7, 11) is -3.66. The molecule has 18 heavy (non-hydrogen) atoms. The van der Waals surface area contributed by atoms with Crippen molar-refractivity contribution in [1.29, 1.82) is 0 Å². The van der Waals surface area contributed by atoms with Crippen LogP contribution in [0.5, 0.6) is 0 Å². The molecule has 0 aromatic heterocycles. The van der Waals surface area contributed by atoms with Crippen LogP contribution in [0.2, 0.25) is 0 Å². The third-order valence-electron chi connectivity index (χ3n) is 2.73. The molecule has 0 bridgehead atoms. The van der Waals surface area contributed by atoms with Gasteiger partial charge in [0.2, 0.25) is 0 Å². The molecule has 1 aromatic carbocycles. The number of hydrogen-bond acceptors (Lipinski definition) is 3. The van der Waals surface area contributed by atoms with Gasteiger partial charge in [-0.2, -0.15) is 0 Å². The second kappa shape index (κ2) is 5.52. The van der Waals surface area contributed by atoms with Gasteiger partial charge in [0.15, 0.2) is 15.1 Å². The van der Waals surface area contributed by atoms with Gasteiger partial charge in [0.25, 0.3) is 0 Å². The summed E-state index contributed by atoms with van der Waals surface area (Å²) in [4.78, 5) is 10.9. The average Bonchev–Trinajstić information content (AvgIpc) is 2.13. The van der Waals surface area contributed by atoms with E-state index in [4.69, 9.17) is 5.11 Å². The third kappa shape index (κ3) is 3.57. The van der Waals surface area contributed by atoms with Crippen molar-refractivity contribution in [3.8, 4) is 0 Å². The Morgan fingerprint density at radius 1 is 1.22 bits per heavy atom. The predicted molar refractivity (Wildman–Crippen MR) is 70.3 cm³/mol. The van der Waals surface area contributed by atoms with Crippen LogP contribution in [0.1, 0.15) is 30.0 Å². The quantitative estimate of drug-likeness (QED) is 0.889.